The highest BCUT2D eigenvalue weighted by atomic mass is 16.1. The summed E-state index contributed by atoms with van der Waals surface area (Å²) >= 11 is 0. The van der Waals surface area contributed by atoms with Gasteiger partial charge in [-0.3, -0.25) is 4.79 Å². The molecule has 94 valence electrons. The molecule has 1 aromatic carbocycles. The minimum absolute atomic E-state index is 0.00486. The van der Waals surface area contributed by atoms with E-state index in [9.17, 15) is 4.79 Å². The minimum atomic E-state index is -0.00486. The monoisotopic (exact) mass is 242 g/mol. The fourth-order valence-electron chi connectivity index (χ4n) is 2.81. The molecule has 0 spiro atoms. The number of rotatable bonds is 1. The van der Waals surface area contributed by atoms with Crippen molar-refractivity contribution in [3.8, 4) is 0 Å². The third kappa shape index (κ3) is 2.18. The summed E-state index contributed by atoms with van der Waals surface area (Å²) in [5, 5.41) is 4.73. The van der Waals surface area contributed by atoms with Gasteiger partial charge in [0.25, 0.3) is 0 Å². The van der Waals surface area contributed by atoms with Crippen LogP contribution in [0.5, 0.6) is 0 Å². The van der Waals surface area contributed by atoms with Crippen molar-refractivity contribution >= 4 is 10.9 Å². The lowest BCUT2D eigenvalue weighted by Gasteiger charge is -2.18. The number of hydrogen-bond acceptors (Lipinski definition) is 2. The Balaban J connectivity index is 2.11. The third-order valence-corrected chi connectivity index (χ3v) is 3.72. The van der Waals surface area contributed by atoms with Crippen LogP contribution < -0.4 is 10.9 Å². The lowest BCUT2D eigenvalue weighted by molar-refractivity contribution is 0.537. The van der Waals surface area contributed by atoms with Gasteiger partial charge >= 0.3 is 0 Å². The van der Waals surface area contributed by atoms with Gasteiger partial charge in [0.1, 0.15) is 0 Å². The molecule has 0 radical (unpaired) electrons. The van der Waals surface area contributed by atoms with Crippen LogP contribution in [0.1, 0.15) is 37.3 Å². The standard InChI is InChI=1S/C15H18N2O/c18-15-10-12(13-7-2-1-5-9-16-13)11-6-3-4-8-14(11)17-15/h3-4,6,8,10,13,16H,1-2,5,7,9H2,(H,17,18). The Morgan fingerprint density at radius 2 is 2.00 bits per heavy atom. The third-order valence-electron chi connectivity index (χ3n) is 3.72. The molecule has 3 heteroatoms. The summed E-state index contributed by atoms with van der Waals surface area (Å²) in [6.07, 6.45) is 4.87. The molecule has 1 fully saturated rings. The first-order valence-corrected chi connectivity index (χ1v) is 6.70. The second kappa shape index (κ2) is 4.94. The van der Waals surface area contributed by atoms with E-state index in [-0.39, 0.29) is 5.56 Å². The van der Waals surface area contributed by atoms with Crippen LogP contribution >= 0.6 is 0 Å². The van der Waals surface area contributed by atoms with E-state index in [0.717, 1.165) is 29.4 Å². The Kier molecular flexibility index (Phi) is 3.15. The lowest BCUT2D eigenvalue weighted by atomic mass is 9.98. The van der Waals surface area contributed by atoms with E-state index < -0.39 is 0 Å². The summed E-state index contributed by atoms with van der Waals surface area (Å²) in [6.45, 7) is 1.05. The molecule has 1 unspecified atom stereocenters. The predicted molar refractivity (Wildman–Crippen MR) is 73.8 cm³/mol. The molecule has 1 aromatic heterocycles. The molecule has 2 heterocycles. The van der Waals surface area contributed by atoms with Crippen molar-refractivity contribution in [1.29, 1.82) is 0 Å². The number of aromatic amines is 1. The maximum Gasteiger partial charge on any atom is 0.248 e. The highest BCUT2D eigenvalue weighted by Crippen LogP contribution is 2.27. The Morgan fingerprint density at radius 3 is 2.94 bits per heavy atom. The van der Waals surface area contributed by atoms with Crippen LogP contribution in [0.2, 0.25) is 0 Å². The zero-order chi connectivity index (χ0) is 12.4. The molecule has 0 saturated carbocycles. The van der Waals surface area contributed by atoms with Crippen LogP contribution in [0.15, 0.2) is 35.1 Å². The topological polar surface area (TPSA) is 44.9 Å². The second-order valence-corrected chi connectivity index (χ2v) is 4.99. The van der Waals surface area contributed by atoms with E-state index >= 15 is 0 Å². The molecule has 0 aliphatic carbocycles. The summed E-state index contributed by atoms with van der Waals surface area (Å²) in [5.41, 5.74) is 2.08. The van der Waals surface area contributed by atoms with Crippen LogP contribution in [0, 0.1) is 0 Å². The van der Waals surface area contributed by atoms with Gasteiger partial charge < -0.3 is 10.3 Å². The first-order valence-electron chi connectivity index (χ1n) is 6.70. The van der Waals surface area contributed by atoms with Crippen LogP contribution in [-0.4, -0.2) is 11.5 Å². The van der Waals surface area contributed by atoms with E-state index in [0.29, 0.717) is 6.04 Å². The molecule has 3 rings (SSSR count). The van der Waals surface area contributed by atoms with Gasteiger partial charge in [-0.2, -0.15) is 0 Å². The van der Waals surface area contributed by atoms with Crippen LogP contribution in [0.4, 0.5) is 0 Å². The van der Waals surface area contributed by atoms with Crippen molar-refractivity contribution in [2.24, 2.45) is 0 Å². The highest BCUT2D eigenvalue weighted by molar-refractivity contribution is 5.82. The Morgan fingerprint density at radius 1 is 1.11 bits per heavy atom. The minimum Gasteiger partial charge on any atom is -0.322 e. The molecule has 3 nitrogen and oxygen atoms in total. The molecule has 0 amide bonds. The first kappa shape index (κ1) is 11.5. The molecular formula is C15H18N2O. The Hall–Kier alpha value is -1.61. The molecular weight excluding hydrogens is 224 g/mol. The van der Waals surface area contributed by atoms with E-state index in [2.05, 4.69) is 16.4 Å². The summed E-state index contributed by atoms with van der Waals surface area (Å²) in [4.78, 5) is 14.7. The summed E-state index contributed by atoms with van der Waals surface area (Å²) in [5.74, 6) is 0. The van der Waals surface area contributed by atoms with Gasteiger partial charge in [0.15, 0.2) is 0 Å². The highest BCUT2D eigenvalue weighted by Gasteiger charge is 2.16. The predicted octanol–water partition coefficient (Wildman–Crippen LogP) is 2.73. The van der Waals surface area contributed by atoms with E-state index in [1.54, 1.807) is 6.07 Å². The van der Waals surface area contributed by atoms with E-state index in [1.807, 2.05) is 18.2 Å². The number of hydrogen-bond donors (Lipinski definition) is 2. The van der Waals surface area contributed by atoms with Gasteiger partial charge in [0.05, 0.1) is 0 Å². The van der Waals surface area contributed by atoms with Crippen molar-refractivity contribution < 1.29 is 0 Å². The van der Waals surface area contributed by atoms with Gasteiger partial charge in [0, 0.05) is 23.0 Å². The second-order valence-electron chi connectivity index (χ2n) is 4.99. The molecule has 1 saturated heterocycles. The van der Waals surface area contributed by atoms with Crippen molar-refractivity contribution in [3.05, 3.63) is 46.2 Å². The molecule has 1 aliphatic heterocycles. The van der Waals surface area contributed by atoms with Gasteiger partial charge in [-0.1, -0.05) is 31.0 Å². The molecule has 1 aliphatic rings. The SMILES string of the molecule is O=c1cc(C2CCCCCN2)c2ccccc2[nH]1. The molecule has 1 atom stereocenters. The van der Waals surface area contributed by atoms with Crippen molar-refractivity contribution in [2.45, 2.75) is 31.7 Å². The molecule has 2 aromatic rings. The molecule has 18 heavy (non-hydrogen) atoms. The van der Waals surface area contributed by atoms with E-state index in [4.69, 9.17) is 0 Å². The summed E-state index contributed by atoms with van der Waals surface area (Å²) < 4.78 is 0. The van der Waals surface area contributed by atoms with Gasteiger partial charge in [-0.05, 0) is 31.0 Å². The largest absolute Gasteiger partial charge is 0.322 e. The first-order chi connectivity index (χ1) is 8.84. The van der Waals surface area contributed by atoms with E-state index in [1.165, 1.54) is 19.3 Å². The zero-order valence-electron chi connectivity index (χ0n) is 10.4. The maximum atomic E-state index is 11.7. The summed E-state index contributed by atoms with van der Waals surface area (Å²) in [7, 11) is 0. The van der Waals surface area contributed by atoms with Crippen LogP contribution in [-0.2, 0) is 0 Å². The normalized spacial score (nSPS) is 20.8. The number of para-hydroxylation sites is 1. The van der Waals surface area contributed by atoms with Crippen molar-refractivity contribution in [1.82, 2.24) is 10.3 Å². The Bertz CT molecular complexity index is 595. The Labute approximate surface area is 106 Å². The number of nitrogens with one attached hydrogen (secondary N) is 2. The molecule has 2 N–H and O–H groups in total. The quantitative estimate of drug-likeness (QED) is 0.807. The number of fused-ring (bicyclic) bond motifs is 1. The van der Waals surface area contributed by atoms with Gasteiger partial charge in [0.2, 0.25) is 5.56 Å². The van der Waals surface area contributed by atoms with Crippen molar-refractivity contribution in [3.63, 3.8) is 0 Å². The lowest BCUT2D eigenvalue weighted by Crippen LogP contribution is -2.22. The smallest absolute Gasteiger partial charge is 0.248 e. The zero-order valence-corrected chi connectivity index (χ0v) is 10.4. The fraction of sp³-hybridized carbons (Fsp3) is 0.400. The fourth-order valence-corrected chi connectivity index (χ4v) is 2.81. The number of aromatic nitrogens is 1. The van der Waals surface area contributed by atoms with Crippen LogP contribution in [0.25, 0.3) is 10.9 Å². The average Bonchev–Trinajstić information content (AvgIpc) is 2.66. The number of H-pyrrole nitrogens is 1. The number of pyridine rings is 1. The maximum absolute atomic E-state index is 11.7. The van der Waals surface area contributed by atoms with Gasteiger partial charge in [-0.15, -0.1) is 0 Å². The van der Waals surface area contributed by atoms with Gasteiger partial charge in [-0.25, -0.2) is 0 Å². The average molecular weight is 242 g/mol. The molecule has 0 bridgehead atoms. The summed E-state index contributed by atoms with van der Waals surface area (Å²) in [6, 6.07) is 10.1. The van der Waals surface area contributed by atoms with Crippen molar-refractivity contribution in [2.75, 3.05) is 6.54 Å². The van der Waals surface area contributed by atoms with Crippen LogP contribution in [0.3, 0.4) is 0 Å². The number of benzene rings is 1.